The Bertz CT molecular complexity index is 1050. The molecular formula is C24H25Cl2N3O3. The van der Waals surface area contributed by atoms with Gasteiger partial charge in [-0.2, -0.15) is 0 Å². The second-order valence-electron chi connectivity index (χ2n) is 7.00. The topological polar surface area (TPSA) is 76.8 Å². The van der Waals surface area contributed by atoms with E-state index in [1.54, 1.807) is 30.2 Å². The first-order valence-corrected chi connectivity index (χ1v) is 10.8. The number of carbonyl (C=O) groups excluding carboxylic acids is 1. The van der Waals surface area contributed by atoms with E-state index >= 15 is 0 Å². The lowest BCUT2D eigenvalue weighted by Gasteiger charge is -2.23. The zero-order chi connectivity index (χ0) is 22.9. The first kappa shape index (κ1) is 23.7. The lowest BCUT2D eigenvalue weighted by molar-refractivity contribution is 0.210. The summed E-state index contributed by atoms with van der Waals surface area (Å²) in [5, 5.41) is 3.45. The van der Waals surface area contributed by atoms with Crippen molar-refractivity contribution in [2.45, 2.75) is 13.2 Å². The summed E-state index contributed by atoms with van der Waals surface area (Å²) in [6.07, 6.45) is 0. The van der Waals surface area contributed by atoms with E-state index in [2.05, 4.69) is 5.32 Å². The fraction of sp³-hybridized carbons (Fsp3) is 0.208. The Morgan fingerprint density at radius 3 is 2.50 bits per heavy atom. The molecule has 0 heterocycles. The number of nitrogens with two attached hydrogens (primary N) is 1. The zero-order valence-corrected chi connectivity index (χ0v) is 19.2. The smallest absolute Gasteiger partial charge is 0.322 e. The summed E-state index contributed by atoms with van der Waals surface area (Å²) < 4.78 is 11.4. The molecular weight excluding hydrogens is 449 g/mol. The molecule has 0 fully saturated rings. The van der Waals surface area contributed by atoms with Gasteiger partial charge >= 0.3 is 6.03 Å². The number of hydrogen-bond acceptors (Lipinski definition) is 4. The van der Waals surface area contributed by atoms with Crippen molar-refractivity contribution < 1.29 is 14.3 Å². The maximum absolute atomic E-state index is 12.9. The third-order valence-corrected chi connectivity index (χ3v) is 5.54. The highest BCUT2D eigenvalue weighted by Gasteiger charge is 2.17. The number of ether oxygens (including phenoxy) is 2. The van der Waals surface area contributed by atoms with Gasteiger partial charge in [0.25, 0.3) is 0 Å². The molecule has 168 valence electrons. The third kappa shape index (κ3) is 6.29. The molecule has 3 rings (SSSR count). The fourth-order valence-electron chi connectivity index (χ4n) is 3.09. The van der Waals surface area contributed by atoms with E-state index in [0.29, 0.717) is 48.5 Å². The van der Waals surface area contributed by atoms with Crippen molar-refractivity contribution in [2.75, 3.05) is 25.5 Å². The Kier molecular flexibility index (Phi) is 8.62. The molecule has 0 atom stereocenters. The van der Waals surface area contributed by atoms with Gasteiger partial charge in [-0.25, -0.2) is 4.79 Å². The van der Waals surface area contributed by atoms with Gasteiger partial charge in [-0.15, -0.1) is 0 Å². The van der Waals surface area contributed by atoms with Crippen molar-refractivity contribution in [3.63, 3.8) is 0 Å². The van der Waals surface area contributed by atoms with Crippen LogP contribution < -0.4 is 20.5 Å². The van der Waals surface area contributed by atoms with Crippen LogP contribution in [-0.2, 0) is 13.2 Å². The van der Waals surface area contributed by atoms with Crippen molar-refractivity contribution in [3.05, 3.63) is 87.9 Å². The van der Waals surface area contributed by atoms with Crippen molar-refractivity contribution in [3.8, 4) is 11.5 Å². The van der Waals surface area contributed by atoms with Gasteiger partial charge in [-0.05, 0) is 35.4 Å². The molecule has 0 aromatic heterocycles. The van der Waals surface area contributed by atoms with E-state index < -0.39 is 0 Å². The summed E-state index contributed by atoms with van der Waals surface area (Å²) in [6, 6.07) is 20.2. The fourth-order valence-corrected chi connectivity index (χ4v) is 3.44. The van der Waals surface area contributed by atoms with Crippen molar-refractivity contribution >= 4 is 34.9 Å². The van der Waals surface area contributed by atoms with Crippen LogP contribution in [0.5, 0.6) is 11.5 Å². The number of carbonyl (C=O) groups is 1. The highest BCUT2D eigenvalue weighted by Crippen LogP contribution is 2.31. The molecule has 0 saturated heterocycles. The summed E-state index contributed by atoms with van der Waals surface area (Å²) in [6.45, 7) is 1.43. The first-order chi connectivity index (χ1) is 15.5. The second-order valence-corrected chi connectivity index (χ2v) is 7.79. The van der Waals surface area contributed by atoms with E-state index in [4.69, 9.17) is 38.4 Å². The minimum absolute atomic E-state index is 0.289. The summed E-state index contributed by atoms with van der Waals surface area (Å²) in [5.41, 5.74) is 8.10. The number of benzene rings is 3. The maximum Gasteiger partial charge on any atom is 0.322 e. The molecule has 0 radical (unpaired) electrons. The Morgan fingerprint density at radius 2 is 1.78 bits per heavy atom. The molecule has 3 N–H and O–H groups in total. The maximum atomic E-state index is 12.9. The molecule has 0 spiro atoms. The van der Waals surface area contributed by atoms with E-state index in [9.17, 15) is 4.79 Å². The second kappa shape index (κ2) is 11.6. The molecule has 0 aliphatic carbocycles. The molecule has 6 nitrogen and oxygen atoms in total. The van der Waals surface area contributed by atoms with Gasteiger partial charge in [0.05, 0.1) is 22.8 Å². The SMILES string of the molecule is COc1cc(CN(CCN)C(=O)Nc2cccc(Cl)c2Cl)ccc1OCc1ccccc1. The Balaban J connectivity index is 1.70. The predicted octanol–water partition coefficient (Wildman–Crippen LogP) is 5.57. The number of nitrogens with zero attached hydrogens (tertiary/aromatic N) is 1. The lowest BCUT2D eigenvalue weighted by Crippen LogP contribution is -2.38. The minimum atomic E-state index is -0.331. The normalized spacial score (nSPS) is 10.5. The van der Waals surface area contributed by atoms with Crippen molar-refractivity contribution in [1.82, 2.24) is 4.90 Å². The number of rotatable bonds is 9. The highest BCUT2D eigenvalue weighted by molar-refractivity contribution is 6.43. The van der Waals surface area contributed by atoms with Crippen LogP contribution in [0.15, 0.2) is 66.7 Å². The summed E-state index contributed by atoms with van der Waals surface area (Å²) in [7, 11) is 1.58. The van der Waals surface area contributed by atoms with Crippen LogP contribution in [0.2, 0.25) is 10.0 Å². The predicted molar refractivity (Wildman–Crippen MR) is 129 cm³/mol. The van der Waals surface area contributed by atoms with Crippen LogP contribution in [0.4, 0.5) is 10.5 Å². The van der Waals surface area contributed by atoms with Gasteiger partial charge in [0.2, 0.25) is 0 Å². The van der Waals surface area contributed by atoms with Crippen LogP contribution in [0.3, 0.4) is 0 Å². The Hall–Kier alpha value is -2.93. The molecule has 0 aliphatic heterocycles. The van der Waals surface area contributed by atoms with Gasteiger partial charge in [-0.1, -0.05) is 65.7 Å². The van der Waals surface area contributed by atoms with E-state index in [0.717, 1.165) is 11.1 Å². The van der Waals surface area contributed by atoms with Crippen LogP contribution >= 0.6 is 23.2 Å². The third-order valence-electron chi connectivity index (χ3n) is 4.72. The molecule has 0 unspecified atom stereocenters. The largest absolute Gasteiger partial charge is 0.493 e. The number of anilines is 1. The van der Waals surface area contributed by atoms with Crippen LogP contribution in [0.1, 0.15) is 11.1 Å². The number of nitrogens with one attached hydrogen (secondary N) is 1. The molecule has 8 heteroatoms. The van der Waals surface area contributed by atoms with Crippen molar-refractivity contribution in [2.24, 2.45) is 5.73 Å². The van der Waals surface area contributed by atoms with Gasteiger partial charge in [-0.3, -0.25) is 0 Å². The number of methoxy groups -OCH3 is 1. The van der Waals surface area contributed by atoms with Gasteiger partial charge < -0.3 is 25.4 Å². The number of hydrogen-bond donors (Lipinski definition) is 2. The van der Waals surface area contributed by atoms with Gasteiger partial charge in [0, 0.05) is 19.6 Å². The molecule has 0 bridgehead atoms. The van der Waals surface area contributed by atoms with Gasteiger partial charge in [0.15, 0.2) is 11.5 Å². The Morgan fingerprint density at radius 1 is 1.00 bits per heavy atom. The monoisotopic (exact) mass is 473 g/mol. The average molecular weight is 474 g/mol. The molecule has 2 amide bonds. The number of amides is 2. The molecule has 0 saturated carbocycles. The molecule has 3 aromatic rings. The summed E-state index contributed by atoms with van der Waals surface area (Å²) in [4.78, 5) is 14.4. The summed E-state index contributed by atoms with van der Waals surface area (Å²) >= 11 is 12.2. The molecule has 0 aliphatic rings. The summed E-state index contributed by atoms with van der Waals surface area (Å²) in [5.74, 6) is 1.21. The van der Waals surface area contributed by atoms with Crippen LogP contribution in [0, 0.1) is 0 Å². The number of halogens is 2. The van der Waals surface area contributed by atoms with Crippen molar-refractivity contribution in [1.29, 1.82) is 0 Å². The average Bonchev–Trinajstić information content (AvgIpc) is 2.81. The minimum Gasteiger partial charge on any atom is -0.493 e. The number of urea groups is 1. The van der Waals surface area contributed by atoms with Crippen LogP contribution in [-0.4, -0.2) is 31.1 Å². The highest BCUT2D eigenvalue weighted by atomic mass is 35.5. The molecule has 32 heavy (non-hydrogen) atoms. The van der Waals surface area contributed by atoms with Gasteiger partial charge in [0.1, 0.15) is 6.61 Å². The lowest BCUT2D eigenvalue weighted by atomic mass is 10.2. The standard InChI is InChI=1S/C24H25Cl2N3O3/c1-31-22-14-18(10-11-21(22)32-16-17-6-3-2-4-7-17)15-29(13-12-27)24(30)28-20-9-5-8-19(25)23(20)26/h2-11,14H,12-13,15-16,27H2,1H3,(H,28,30). The van der Waals surface area contributed by atoms with E-state index in [1.165, 1.54) is 0 Å². The first-order valence-electron chi connectivity index (χ1n) is 10.1. The quantitative estimate of drug-likeness (QED) is 0.425. The van der Waals surface area contributed by atoms with E-state index in [1.807, 2.05) is 48.5 Å². The van der Waals surface area contributed by atoms with E-state index in [-0.39, 0.29) is 11.1 Å². The van der Waals surface area contributed by atoms with Crippen LogP contribution in [0.25, 0.3) is 0 Å². The Labute approximate surface area is 197 Å². The zero-order valence-electron chi connectivity index (χ0n) is 17.7. The molecule has 3 aromatic carbocycles.